The number of rotatable bonds is 3. The van der Waals surface area contributed by atoms with E-state index in [9.17, 15) is 0 Å². The highest BCUT2D eigenvalue weighted by atomic mass is 32.2. The first kappa shape index (κ1) is 10.4. The van der Waals surface area contributed by atoms with Gasteiger partial charge in [-0.05, 0) is 37.9 Å². The monoisotopic (exact) mass is 187 g/mol. The summed E-state index contributed by atoms with van der Waals surface area (Å²) in [6, 6.07) is 0.381. The van der Waals surface area contributed by atoms with E-state index in [1.54, 1.807) is 0 Å². The molecule has 72 valence electrons. The Morgan fingerprint density at radius 1 is 1.58 bits per heavy atom. The van der Waals surface area contributed by atoms with Crippen molar-refractivity contribution in [1.82, 2.24) is 0 Å². The lowest BCUT2D eigenvalue weighted by Gasteiger charge is -2.26. The largest absolute Gasteiger partial charge is 0.328 e. The van der Waals surface area contributed by atoms with Crippen LogP contribution in [-0.2, 0) is 0 Å². The van der Waals surface area contributed by atoms with Gasteiger partial charge in [-0.1, -0.05) is 13.8 Å². The molecule has 0 saturated carbocycles. The van der Waals surface area contributed by atoms with Crippen molar-refractivity contribution in [2.75, 3.05) is 5.75 Å². The molecule has 1 aliphatic heterocycles. The summed E-state index contributed by atoms with van der Waals surface area (Å²) in [6.45, 7) is 6.85. The Morgan fingerprint density at radius 3 is 2.67 bits per heavy atom. The first-order valence-electron chi connectivity index (χ1n) is 4.92. The molecule has 2 heteroatoms. The normalized spacial score (nSPS) is 30.5. The Labute approximate surface area is 80.5 Å². The molecule has 1 aliphatic rings. The molecular weight excluding hydrogens is 166 g/mol. The second-order valence-electron chi connectivity index (χ2n) is 4.49. The first-order valence-corrected chi connectivity index (χ1v) is 5.90. The number of nitrogens with two attached hydrogens (primary N) is 1. The maximum Gasteiger partial charge on any atom is 0.0132 e. The summed E-state index contributed by atoms with van der Waals surface area (Å²) in [5.41, 5.74) is 5.75. The zero-order valence-corrected chi connectivity index (χ0v) is 9.29. The molecule has 0 aromatic heterocycles. The van der Waals surface area contributed by atoms with E-state index in [0.717, 1.165) is 5.92 Å². The molecule has 0 spiro atoms. The number of thioether (sulfide) groups is 1. The van der Waals surface area contributed by atoms with Gasteiger partial charge in [0.1, 0.15) is 0 Å². The van der Waals surface area contributed by atoms with E-state index in [1.165, 1.54) is 25.0 Å². The van der Waals surface area contributed by atoms with E-state index in [-0.39, 0.29) is 0 Å². The second kappa shape index (κ2) is 4.01. The van der Waals surface area contributed by atoms with Crippen molar-refractivity contribution in [3.05, 3.63) is 0 Å². The first-order chi connectivity index (χ1) is 5.52. The predicted octanol–water partition coefficient (Wildman–Crippen LogP) is 2.65. The zero-order chi connectivity index (χ0) is 9.19. The van der Waals surface area contributed by atoms with E-state index in [4.69, 9.17) is 5.73 Å². The lowest BCUT2D eigenvalue weighted by Crippen LogP contribution is -2.24. The Kier molecular flexibility index (Phi) is 3.47. The second-order valence-corrected chi connectivity index (χ2v) is 6.24. The van der Waals surface area contributed by atoms with Crippen LogP contribution in [0.5, 0.6) is 0 Å². The van der Waals surface area contributed by atoms with Crippen LogP contribution in [0.15, 0.2) is 0 Å². The molecule has 0 aromatic carbocycles. The molecule has 1 heterocycles. The summed E-state index contributed by atoms with van der Waals surface area (Å²) >= 11 is 2.12. The third-order valence-electron chi connectivity index (χ3n) is 2.89. The standard InChI is InChI=1S/C10H21NS/c1-8(11)4-5-9-6-7-12-10(9,2)3/h8-9H,4-7,11H2,1-3H3/t8-,9?/m0/s1. The van der Waals surface area contributed by atoms with E-state index in [0.29, 0.717) is 10.8 Å². The molecule has 1 saturated heterocycles. The van der Waals surface area contributed by atoms with Crippen LogP contribution in [0.1, 0.15) is 40.0 Å². The third-order valence-corrected chi connectivity index (χ3v) is 4.41. The molecule has 1 fully saturated rings. The van der Waals surface area contributed by atoms with Crippen LogP contribution in [0.4, 0.5) is 0 Å². The summed E-state index contributed by atoms with van der Waals surface area (Å²) in [5.74, 6) is 2.24. The van der Waals surface area contributed by atoms with Crippen molar-refractivity contribution >= 4 is 11.8 Å². The fraction of sp³-hybridized carbons (Fsp3) is 1.00. The van der Waals surface area contributed by atoms with Crippen LogP contribution >= 0.6 is 11.8 Å². The number of hydrogen-bond acceptors (Lipinski definition) is 2. The van der Waals surface area contributed by atoms with Gasteiger partial charge in [0, 0.05) is 10.8 Å². The smallest absolute Gasteiger partial charge is 0.0132 e. The summed E-state index contributed by atoms with van der Waals surface area (Å²) in [5, 5.41) is 0. The molecule has 12 heavy (non-hydrogen) atoms. The van der Waals surface area contributed by atoms with Gasteiger partial charge < -0.3 is 5.73 Å². The average Bonchev–Trinajstić information content (AvgIpc) is 2.25. The minimum Gasteiger partial charge on any atom is -0.328 e. The van der Waals surface area contributed by atoms with Gasteiger partial charge in [0.2, 0.25) is 0 Å². The minimum absolute atomic E-state index is 0.381. The van der Waals surface area contributed by atoms with E-state index in [1.807, 2.05) is 0 Å². The summed E-state index contributed by atoms with van der Waals surface area (Å²) < 4.78 is 0.509. The van der Waals surface area contributed by atoms with Crippen molar-refractivity contribution in [3.8, 4) is 0 Å². The van der Waals surface area contributed by atoms with Gasteiger partial charge >= 0.3 is 0 Å². The molecule has 2 N–H and O–H groups in total. The van der Waals surface area contributed by atoms with Gasteiger partial charge in [0.25, 0.3) is 0 Å². The van der Waals surface area contributed by atoms with Crippen molar-refractivity contribution < 1.29 is 0 Å². The Morgan fingerprint density at radius 2 is 2.25 bits per heavy atom. The summed E-state index contributed by atoms with van der Waals surface area (Å²) in [7, 11) is 0. The van der Waals surface area contributed by atoms with Crippen molar-refractivity contribution in [3.63, 3.8) is 0 Å². The molecule has 0 amide bonds. The molecular formula is C10H21NS. The van der Waals surface area contributed by atoms with Crippen LogP contribution in [0, 0.1) is 5.92 Å². The third kappa shape index (κ3) is 2.67. The average molecular weight is 187 g/mol. The minimum atomic E-state index is 0.381. The van der Waals surface area contributed by atoms with Crippen LogP contribution in [0.25, 0.3) is 0 Å². The van der Waals surface area contributed by atoms with Crippen LogP contribution in [0.3, 0.4) is 0 Å². The van der Waals surface area contributed by atoms with Crippen LogP contribution in [-0.4, -0.2) is 16.5 Å². The van der Waals surface area contributed by atoms with Gasteiger partial charge in [-0.2, -0.15) is 11.8 Å². The van der Waals surface area contributed by atoms with E-state index < -0.39 is 0 Å². The maximum atomic E-state index is 5.75. The molecule has 1 unspecified atom stereocenters. The van der Waals surface area contributed by atoms with E-state index in [2.05, 4.69) is 32.5 Å². The molecule has 0 aliphatic carbocycles. The zero-order valence-electron chi connectivity index (χ0n) is 8.47. The molecule has 1 nitrogen and oxygen atoms in total. The Hall–Kier alpha value is 0.310. The SMILES string of the molecule is C[C@H](N)CCC1CCSC1(C)C. The summed E-state index contributed by atoms with van der Waals surface area (Å²) in [4.78, 5) is 0. The molecule has 0 radical (unpaired) electrons. The van der Waals surface area contributed by atoms with Gasteiger partial charge in [0.15, 0.2) is 0 Å². The highest BCUT2D eigenvalue weighted by Crippen LogP contribution is 2.44. The molecule has 0 aromatic rings. The van der Waals surface area contributed by atoms with Crippen molar-refractivity contribution in [2.24, 2.45) is 11.7 Å². The van der Waals surface area contributed by atoms with Crippen LogP contribution < -0.4 is 5.73 Å². The van der Waals surface area contributed by atoms with E-state index >= 15 is 0 Å². The topological polar surface area (TPSA) is 26.0 Å². The van der Waals surface area contributed by atoms with Gasteiger partial charge in [-0.3, -0.25) is 0 Å². The Bertz CT molecular complexity index is 143. The fourth-order valence-corrected chi connectivity index (χ4v) is 3.29. The van der Waals surface area contributed by atoms with Gasteiger partial charge in [-0.25, -0.2) is 0 Å². The lowest BCUT2D eigenvalue weighted by atomic mass is 9.87. The number of hydrogen-bond donors (Lipinski definition) is 1. The highest BCUT2D eigenvalue weighted by Gasteiger charge is 2.34. The quantitative estimate of drug-likeness (QED) is 0.735. The van der Waals surface area contributed by atoms with Crippen LogP contribution in [0.2, 0.25) is 0 Å². The van der Waals surface area contributed by atoms with Gasteiger partial charge in [0.05, 0.1) is 0 Å². The maximum absolute atomic E-state index is 5.75. The lowest BCUT2D eigenvalue weighted by molar-refractivity contribution is 0.383. The predicted molar refractivity (Wildman–Crippen MR) is 57.5 cm³/mol. The van der Waals surface area contributed by atoms with Gasteiger partial charge in [-0.15, -0.1) is 0 Å². The summed E-state index contributed by atoms with van der Waals surface area (Å²) in [6.07, 6.45) is 3.90. The van der Waals surface area contributed by atoms with Crippen molar-refractivity contribution in [2.45, 2.75) is 50.8 Å². The molecule has 2 atom stereocenters. The van der Waals surface area contributed by atoms with Crippen molar-refractivity contribution in [1.29, 1.82) is 0 Å². The highest BCUT2D eigenvalue weighted by molar-refractivity contribution is 8.00. The Balaban J connectivity index is 2.32. The molecule has 1 rings (SSSR count). The molecule has 0 bridgehead atoms. The fourth-order valence-electron chi connectivity index (χ4n) is 1.89.